The first kappa shape index (κ1) is 50.2. The molecule has 1 heterocycles. The van der Waals surface area contributed by atoms with E-state index in [0.29, 0.717) is 0 Å². The van der Waals surface area contributed by atoms with Crippen LogP contribution < -0.4 is 0 Å². The molecule has 0 unspecified atom stereocenters. The van der Waals surface area contributed by atoms with Crippen LogP contribution in [0, 0.1) is 0 Å². The Morgan fingerprint density at radius 2 is 0.696 bits per heavy atom. The molecule has 1 aliphatic heterocycles. The Morgan fingerprint density at radius 3 is 1.04 bits per heavy atom. The van der Waals surface area contributed by atoms with Gasteiger partial charge in [0.1, 0.15) is 0 Å². The van der Waals surface area contributed by atoms with Gasteiger partial charge in [-0.25, -0.2) is 4.70 Å². The van der Waals surface area contributed by atoms with Crippen molar-refractivity contribution < 1.29 is 19.1 Å². The molecule has 0 saturated carbocycles. The molecule has 2 aromatic carbocycles. The Balaban J connectivity index is 0.00000349. The van der Waals surface area contributed by atoms with Crippen molar-refractivity contribution in [3.8, 4) is 0 Å². The summed E-state index contributed by atoms with van der Waals surface area (Å²) >= 11 is 1.62. The predicted molar refractivity (Wildman–Crippen MR) is 247 cm³/mol. The zero-order chi connectivity index (χ0) is 41.1. The van der Waals surface area contributed by atoms with Gasteiger partial charge in [0, 0.05) is 22.3 Å². The van der Waals surface area contributed by atoms with Gasteiger partial charge >= 0.3 is 26.2 Å². The third-order valence-corrected chi connectivity index (χ3v) is 11.8. The molecule has 0 aliphatic carbocycles. The summed E-state index contributed by atoms with van der Waals surface area (Å²) in [5.41, 5.74) is 29.6. The molecule has 0 amide bonds. The molecule has 1 aliphatic rings. The summed E-state index contributed by atoms with van der Waals surface area (Å²) in [5, 5.41) is 0. The van der Waals surface area contributed by atoms with E-state index in [0.717, 1.165) is 94.9 Å². The van der Waals surface area contributed by atoms with Gasteiger partial charge in [0.25, 0.3) is 0 Å². The van der Waals surface area contributed by atoms with Gasteiger partial charge in [-0.05, 0) is 141 Å². The van der Waals surface area contributed by atoms with Crippen LogP contribution in [0.2, 0.25) is 11.8 Å². The van der Waals surface area contributed by atoms with Crippen molar-refractivity contribution in [2.75, 3.05) is 0 Å². The number of nitrogens with zero attached hydrogens (tertiary/aromatic N) is 2. The van der Waals surface area contributed by atoms with E-state index in [1.165, 1.54) is 123 Å². The standard InChI is InChI=1S/C51H82N2.2CH3.Ni/c1-9-17-22-25-31-42-38-45(39-43(32-26-23-18-10-2)47(42)35-27-24-19-11-3)51-49(34-21-13-5)48(33-20-12-4)50(53(51)52)44-36-40(28-14-6)46(30-16-8)41(37-44)29-15-7;;;/h36-39H,9-35H2,1-8H3;2*1H3;. The number of hydrogen-bond donors (Lipinski definition) is 0. The van der Waals surface area contributed by atoms with Crippen LogP contribution in [0.5, 0.6) is 0 Å². The van der Waals surface area contributed by atoms with E-state index in [9.17, 15) is 5.53 Å². The SMILES string of the molecule is CCCCCCc1cc(C2=C(CCCC)C(CCCC)=C(c3cc(CCC)c(CCC)c(CCC)c3)[N+]2=[N-])cc(CCCCCC)c1CCCCCC.[CH3][Ni][CH3]. The summed E-state index contributed by atoms with van der Waals surface area (Å²) in [6, 6.07) is 10.1. The van der Waals surface area contributed by atoms with Crippen LogP contribution in [-0.4, -0.2) is 4.70 Å². The summed E-state index contributed by atoms with van der Waals surface area (Å²) < 4.78 is 1.70. The molecule has 2 nitrogen and oxygen atoms in total. The first-order valence-corrected chi connectivity index (χ1v) is 25.8. The summed E-state index contributed by atoms with van der Waals surface area (Å²) in [4.78, 5) is 0. The van der Waals surface area contributed by atoms with E-state index in [2.05, 4.69) is 91.4 Å². The van der Waals surface area contributed by atoms with Crippen molar-refractivity contribution in [3.05, 3.63) is 85.5 Å². The molecule has 0 saturated heterocycles. The van der Waals surface area contributed by atoms with E-state index in [4.69, 9.17) is 0 Å². The second-order valence-corrected chi connectivity index (χ2v) is 17.7. The fourth-order valence-electron chi connectivity index (χ4n) is 8.90. The average Bonchev–Trinajstić information content (AvgIpc) is 3.47. The molecule has 2 aromatic rings. The molecule has 0 atom stereocenters. The number of aryl methyl sites for hydroxylation is 4. The zero-order valence-corrected chi connectivity index (χ0v) is 39.6. The third-order valence-electron chi connectivity index (χ3n) is 11.8. The second-order valence-electron chi connectivity index (χ2n) is 16.7. The Morgan fingerprint density at radius 1 is 0.375 bits per heavy atom. The van der Waals surface area contributed by atoms with E-state index in [1.807, 2.05) is 0 Å². The third kappa shape index (κ3) is 15.6. The van der Waals surface area contributed by atoms with Crippen LogP contribution in [-0.2, 0) is 53.0 Å². The minimum absolute atomic E-state index is 1.03. The van der Waals surface area contributed by atoms with Crippen molar-refractivity contribution in [2.45, 2.75) is 241 Å². The molecule has 0 radical (unpaired) electrons. The molecule has 56 heavy (non-hydrogen) atoms. The molecular formula is C53H88N2Ni. The van der Waals surface area contributed by atoms with Crippen molar-refractivity contribution in [2.24, 2.45) is 0 Å². The summed E-state index contributed by atoms with van der Waals surface area (Å²) in [7, 11) is 0. The van der Waals surface area contributed by atoms with Crippen LogP contribution in [0.1, 0.15) is 235 Å². The van der Waals surface area contributed by atoms with Gasteiger partial charge in [-0.2, -0.15) is 0 Å². The number of allylic oxidation sites excluding steroid dienone is 2. The number of rotatable bonds is 29. The van der Waals surface area contributed by atoms with E-state index >= 15 is 0 Å². The molecule has 3 heteroatoms. The molecule has 0 fully saturated rings. The predicted octanol–water partition coefficient (Wildman–Crippen LogP) is 17.6. The van der Waals surface area contributed by atoms with Crippen molar-refractivity contribution in [1.29, 1.82) is 0 Å². The number of benzene rings is 2. The van der Waals surface area contributed by atoms with Gasteiger partial charge in [-0.1, -0.05) is 145 Å². The first-order valence-electron chi connectivity index (χ1n) is 23.8. The second kappa shape index (κ2) is 30.1. The first-order chi connectivity index (χ1) is 27.3. The van der Waals surface area contributed by atoms with Gasteiger partial charge in [-0.3, -0.25) is 0 Å². The summed E-state index contributed by atoms with van der Waals surface area (Å²) in [5.74, 6) is 4.12. The van der Waals surface area contributed by atoms with Crippen molar-refractivity contribution in [1.82, 2.24) is 0 Å². The van der Waals surface area contributed by atoms with E-state index < -0.39 is 0 Å². The molecule has 0 N–H and O–H groups in total. The quantitative estimate of drug-likeness (QED) is 0.0444. The molecule has 3 rings (SSSR count). The van der Waals surface area contributed by atoms with Crippen LogP contribution in [0.25, 0.3) is 16.9 Å². The fourth-order valence-corrected chi connectivity index (χ4v) is 8.90. The van der Waals surface area contributed by atoms with Crippen molar-refractivity contribution >= 4 is 11.4 Å². The van der Waals surface area contributed by atoms with Crippen LogP contribution in [0.4, 0.5) is 0 Å². The van der Waals surface area contributed by atoms with E-state index in [1.54, 1.807) is 41.4 Å². The van der Waals surface area contributed by atoms with Gasteiger partial charge in [0.2, 0.25) is 11.4 Å². The molecule has 0 spiro atoms. The van der Waals surface area contributed by atoms with Crippen molar-refractivity contribution in [3.63, 3.8) is 0 Å². The Bertz CT molecular complexity index is 1420. The zero-order valence-electron chi connectivity index (χ0n) is 38.6. The van der Waals surface area contributed by atoms with Gasteiger partial charge in [-0.15, -0.1) is 0 Å². The molecule has 320 valence electrons. The molecule has 0 bridgehead atoms. The summed E-state index contributed by atoms with van der Waals surface area (Å²) in [6.45, 7) is 18.6. The molecular weight excluding hydrogens is 723 g/mol. The fraction of sp³-hybridized carbons (Fsp3) is 0.698. The Kier molecular flexibility index (Phi) is 27.0. The maximum absolute atomic E-state index is 12.8. The van der Waals surface area contributed by atoms with Gasteiger partial charge in [0.15, 0.2) is 0 Å². The monoisotopic (exact) mass is 811 g/mol. The average molecular weight is 812 g/mol. The Hall–Kier alpha value is -1.99. The normalized spacial score (nSPS) is 13.0. The number of hydrogen-bond acceptors (Lipinski definition) is 0. The van der Waals surface area contributed by atoms with E-state index in [-0.39, 0.29) is 0 Å². The topological polar surface area (TPSA) is 25.3 Å². The van der Waals surface area contributed by atoms with Crippen LogP contribution in [0.15, 0.2) is 35.4 Å². The van der Waals surface area contributed by atoms with Crippen LogP contribution >= 0.6 is 0 Å². The number of unbranched alkanes of at least 4 members (excludes halogenated alkanes) is 11. The van der Waals surface area contributed by atoms with Gasteiger partial charge < -0.3 is 5.53 Å². The Labute approximate surface area is 354 Å². The summed E-state index contributed by atoms with van der Waals surface area (Å²) in [6.07, 6.45) is 32.5. The maximum atomic E-state index is 12.8. The molecule has 0 aromatic heterocycles. The van der Waals surface area contributed by atoms with Crippen LogP contribution in [0.3, 0.4) is 0 Å². The van der Waals surface area contributed by atoms with Gasteiger partial charge in [0.05, 0.1) is 0 Å². The minimum atomic E-state index is 1.03.